The number of benzene rings is 2. The van der Waals surface area contributed by atoms with Gasteiger partial charge in [0.2, 0.25) is 0 Å². The van der Waals surface area contributed by atoms with Gasteiger partial charge in [-0.05, 0) is 53.7 Å². The molecular formula is C17H10Cl4N2O2S. The van der Waals surface area contributed by atoms with Crippen LogP contribution in [-0.2, 0) is 4.79 Å². The molecule has 1 N–H and O–H groups in total. The van der Waals surface area contributed by atoms with Gasteiger partial charge in [0, 0.05) is 15.1 Å². The summed E-state index contributed by atoms with van der Waals surface area (Å²) in [5.74, 6) is -0.420. The van der Waals surface area contributed by atoms with E-state index in [1.807, 2.05) is 0 Å². The third-order valence-electron chi connectivity index (χ3n) is 3.48. The molecule has 1 aliphatic heterocycles. The Morgan fingerprint density at radius 2 is 1.65 bits per heavy atom. The van der Waals surface area contributed by atoms with Gasteiger partial charge in [-0.3, -0.25) is 14.5 Å². The Hall–Kier alpha value is -1.37. The van der Waals surface area contributed by atoms with E-state index in [1.165, 1.54) is 0 Å². The standard InChI is InChI=1S/C17H10Cl4N2O2S/c18-10-2-1-9(13(21)6-10)5-15-16(24)23(17(25)26-15)8-22-14-7-11(19)3-4-12(14)20/h1-7,22H,8H2/b15-5+. The van der Waals surface area contributed by atoms with Crippen molar-refractivity contribution >= 4 is 81.1 Å². The van der Waals surface area contributed by atoms with Gasteiger partial charge in [-0.1, -0.05) is 52.5 Å². The molecule has 3 rings (SSSR count). The fourth-order valence-corrected chi connectivity index (χ4v) is 3.84. The van der Waals surface area contributed by atoms with E-state index < -0.39 is 11.1 Å². The molecule has 0 spiro atoms. The van der Waals surface area contributed by atoms with E-state index in [1.54, 1.807) is 42.5 Å². The maximum absolute atomic E-state index is 12.5. The van der Waals surface area contributed by atoms with Crippen LogP contribution in [0.5, 0.6) is 0 Å². The maximum Gasteiger partial charge on any atom is 0.295 e. The van der Waals surface area contributed by atoms with Gasteiger partial charge >= 0.3 is 0 Å². The number of thioether (sulfide) groups is 1. The topological polar surface area (TPSA) is 49.4 Å². The van der Waals surface area contributed by atoms with Crippen LogP contribution in [0.15, 0.2) is 41.3 Å². The molecule has 1 saturated heterocycles. The monoisotopic (exact) mass is 446 g/mol. The molecule has 0 aromatic heterocycles. The van der Waals surface area contributed by atoms with Crippen LogP contribution in [0.1, 0.15) is 5.56 Å². The Labute approximate surface area is 174 Å². The van der Waals surface area contributed by atoms with E-state index >= 15 is 0 Å². The number of halogens is 4. The molecule has 9 heteroatoms. The van der Waals surface area contributed by atoms with Crippen LogP contribution in [0.4, 0.5) is 10.5 Å². The zero-order chi connectivity index (χ0) is 18.8. The van der Waals surface area contributed by atoms with Gasteiger partial charge < -0.3 is 5.32 Å². The number of nitrogens with one attached hydrogen (secondary N) is 1. The minimum absolute atomic E-state index is 0.0313. The first-order valence-electron chi connectivity index (χ1n) is 7.24. The molecule has 0 saturated carbocycles. The van der Waals surface area contributed by atoms with Gasteiger partial charge in [0.1, 0.15) is 0 Å². The smallest absolute Gasteiger partial charge is 0.295 e. The van der Waals surface area contributed by atoms with Gasteiger partial charge in [0.05, 0.1) is 22.3 Å². The van der Waals surface area contributed by atoms with Gasteiger partial charge in [0.15, 0.2) is 0 Å². The molecule has 26 heavy (non-hydrogen) atoms. The van der Waals surface area contributed by atoms with Crippen molar-refractivity contribution in [2.24, 2.45) is 0 Å². The second-order valence-electron chi connectivity index (χ2n) is 5.23. The number of hydrogen-bond acceptors (Lipinski definition) is 4. The molecule has 4 nitrogen and oxygen atoms in total. The summed E-state index contributed by atoms with van der Waals surface area (Å²) in [7, 11) is 0. The van der Waals surface area contributed by atoms with Crippen LogP contribution in [-0.4, -0.2) is 22.7 Å². The Balaban J connectivity index is 1.76. The SMILES string of the molecule is O=C1S/C(=C/c2ccc(Cl)cc2Cl)C(=O)N1CNc1cc(Cl)ccc1Cl. The summed E-state index contributed by atoms with van der Waals surface area (Å²) >= 11 is 24.8. The number of imide groups is 1. The van der Waals surface area contributed by atoms with Crippen molar-refractivity contribution < 1.29 is 9.59 Å². The molecule has 1 aliphatic rings. The fourth-order valence-electron chi connectivity index (χ4n) is 2.19. The average molecular weight is 448 g/mol. The van der Waals surface area contributed by atoms with Gasteiger partial charge in [-0.2, -0.15) is 0 Å². The van der Waals surface area contributed by atoms with Crippen LogP contribution < -0.4 is 5.32 Å². The molecular weight excluding hydrogens is 438 g/mol. The first-order valence-corrected chi connectivity index (χ1v) is 9.57. The van der Waals surface area contributed by atoms with E-state index in [0.717, 1.165) is 16.7 Å². The predicted octanol–water partition coefficient (Wildman–Crippen LogP) is 6.41. The Kier molecular flexibility index (Phi) is 6.05. The van der Waals surface area contributed by atoms with Crippen molar-refractivity contribution in [3.8, 4) is 0 Å². The van der Waals surface area contributed by atoms with E-state index in [0.29, 0.717) is 31.3 Å². The molecule has 0 bridgehead atoms. The van der Waals surface area contributed by atoms with Gasteiger partial charge in [-0.25, -0.2) is 0 Å². The zero-order valence-electron chi connectivity index (χ0n) is 12.9. The molecule has 0 aliphatic carbocycles. The highest BCUT2D eigenvalue weighted by Gasteiger charge is 2.35. The quantitative estimate of drug-likeness (QED) is 0.550. The van der Waals surface area contributed by atoms with Crippen LogP contribution >= 0.6 is 58.2 Å². The third-order valence-corrected chi connectivity index (χ3v) is 5.51. The van der Waals surface area contributed by atoms with E-state index in [2.05, 4.69) is 5.32 Å². The van der Waals surface area contributed by atoms with Crippen molar-refractivity contribution in [2.75, 3.05) is 12.0 Å². The number of rotatable bonds is 4. The molecule has 0 radical (unpaired) electrons. The lowest BCUT2D eigenvalue weighted by molar-refractivity contribution is -0.122. The molecule has 1 heterocycles. The summed E-state index contributed by atoms with van der Waals surface area (Å²) in [6.07, 6.45) is 1.57. The van der Waals surface area contributed by atoms with Crippen molar-refractivity contribution in [1.82, 2.24) is 4.90 Å². The number of hydrogen-bond donors (Lipinski definition) is 1. The van der Waals surface area contributed by atoms with Gasteiger partial charge in [-0.15, -0.1) is 0 Å². The molecule has 0 unspecified atom stereocenters. The minimum Gasteiger partial charge on any atom is -0.366 e. The summed E-state index contributed by atoms with van der Waals surface area (Å²) in [5, 5.41) is 4.36. The average Bonchev–Trinajstić information content (AvgIpc) is 2.85. The lowest BCUT2D eigenvalue weighted by atomic mass is 10.2. The highest BCUT2D eigenvalue weighted by Crippen LogP contribution is 2.34. The Bertz CT molecular complexity index is 933. The first-order chi connectivity index (χ1) is 12.3. The largest absolute Gasteiger partial charge is 0.366 e. The highest BCUT2D eigenvalue weighted by atomic mass is 35.5. The molecule has 1 fully saturated rings. The van der Waals surface area contributed by atoms with Crippen LogP contribution in [0.2, 0.25) is 20.1 Å². The number of carbonyl (C=O) groups is 2. The number of amides is 2. The minimum atomic E-state index is -0.420. The molecule has 2 amide bonds. The molecule has 2 aromatic rings. The summed E-state index contributed by atoms with van der Waals surface area (Å²) < 4.78 is 0. The number of nitrogens with zero attached hydrogens (tertiary/aromatic N) is 1. The maximum atomic E-state index is 12.5. The third kappa shape index (κ3) is 4.30. The first kappa shape index (κ1) is 19.4. The lowest BCUT2D eigenvalue weighted by Crippen LogP contribution is -2.33. The number of carbonyl (C=O) groups excluding carboxylic acids is 2. The second-order valence-corrected chi connectivity index (χ2v) is 7.92. The molecule has 2 aromatic carbocycles. The van der Waals surface area contributed by atoms with Crippen molar-refractivity contribution in [1.29, 1.82) is 0 Å². The summed E-state index contributed by atoms with van der Waals surface area (Å²) in [5.41, 5.74) is 1.13. The molecule has 134 valence electrons. The second kappa shape index (κ2) is 8.11. The van der Waals surface area contributed by atoms with Crippen LogP contribution in [0.3, 0.4) is 0 Å². The number of anilines is 1. The van der Waals surface area contributed by atoms with Crippen molar-refractivity contribution in [2.45, 2.75) is 0 Å². The lowest BCUT2D eigenvalue weighted by Gasteiger charge is -2.15. The zero-order valence-corrected chi connectivity index (χ0v) is 16.8. The van der Waals surface area contributed by atoms with Crippen LogP contribution in [0.25, 0.3) is 6.08 Å². The van der Waals surface area contributed by atoms with E-state index in [-0.39, 0.29) is 11.6 Å². The predicted molar refractivity (Wildman–Crippen MR) is 109 cm³/mol. The summed E-state index contributed by atoms with van der Waals surface area (Å²) in [6, 6.07) is 9.80. The Morgan fingerprint density at radius 1 is 0.962 bits per heavy atom. The summed E-state index contributed by atoms with van der Waals surface area (Å²) in [6.45, 7) is -0.0313. The fraction of sp³-hybridized carbons (Fsp3) is 0.0588. The van der Waals surface area contributed by atoms with E-state index in [4.69, 9.17) is 46.4 Å². The highest BCUT2D eigenvalue weighted by molar-refractivity contribution is 8.18. The summed E-state index contributed by atoms with van der Waals surface area (Å²) in [4.78, 5) is 26.0. The van der Waals surface area contributed by atoms with E-state index in [9.17, 15) is 9.59 Å². The normalized spacial score (nSPS) is 15.8. The van der Waals surface area contributed by atoms with Gasteiger partial charge in [0.25, 0.3) is 11.1 Å². The Morgan fingerprint density at radius 3 is 2.38 bits per heavy atom. The van der Waals surface area contributed by atoms with Crippen LogP contribution in [0, 0.1) is 0 Å². The van der Waals surface area contributed by atoms with Crippen molar-refractivity contribution in [3.63, 3.8) is 0 Å². The van der Waals surface area contributed by atoms with Crippen molar-refractivity contribution in [3.05, 3.63) is 67.0 Å². The molecule has 0 atom stereocenters.